The molecule has 1 aliphatic heterocycles. The van der Waals surface area contributed by atoms with Gasteiger partial charge in [-0.3, -0.25) is 4.79 Å². The van der Waals surface area contributed by atoms with Gasteiger partial charge in [0.15, 0.2) is 0 Å². The highest BCUT2D eigenvalue weighted by atomic mass is 79.9. The van der Waals surface area contributed by atoms with Crippen molar-refractivity contribution in [2.75, 3.05) is 20.2 Å². The molecular formula is C14H18BrNO2. The van der Waals surface area contributed by atoms with Crippen LogP contribution in [-0.2, 0) is 4.74 Å². The number of carbonyl (C=O) groups excluding carboxylic acids is 1. The molecule has 1 saturated heterocycles. The standard InChI is InChI=1S/C14H18BrNO2/c1-10-12(4-3-5-13(10)15)14(17)16-8-6-11(18-2)7-9-16/h3-5,11H,6-9H2,1-2H3. The Bertz CT molecular complexity index is 439. The van der Waals surface area contributed by atoms with Gasteiger partial charge in [-0.1, -0.05) is 22.0 Å². The second kappa shape index (κ2) is 5.85. The van der Waals surface area contributed by atoms with Crippen molar-refractivity contribution in [3.05, 3.63) is 33.8 Å². The van der Waals surface area contributed by atoms with E-state index in [9.17, 15) is 4.79 Å². The van der Waals surface area contributed by atoms with E-state index in [4.69, 9.17) is 4.74 Å². The molecule has 0 radical (unpaired) electrons. The number of rotatable bonds is 2. The quantitative estimate of drug-likeness (QED) is 0.840. The minimum atomic E-state index is 0.128. The third-order valence-electron chi connectivity index (χ3n) is 3.56. The molecule has 3 nitrogen and oxygen atoms in total. The topological polar surface area (TPSA) is 29.5 Å². The summed E-state index contributed by atoms with van der Waals surface area (Å²) >= 11 is 3.47. The van der Waals surface area contributed by atoms with Gasteiger partial charge in [0.2, 0.25) is 0 Å². The Morgan fingerprint density at radius 2 is 2.06 bits per heavy atom. The number of likely N-dealkylation sites (tertiary alicyclic amines) is 1. The van der Waals surface area contributed by atoms with Crippen LogP contribution in [0.15, 0.2) is 22.7 Å². The van der Waals surface area contributed by atoms with Crippen LogP contribution in [0.2, 0.25) is 0 Å². The van der Waals surface area contributed by atoms with Gasteiger partial charge < -0.3 is 9.64 Å². The minimum absolute atomic E-state index is 0.128. The molecule has 0 aliphatic carbocycles. The van der Waals surface area contributed by atoms with E-state index in [1.165, 1.54) is 0 Å². The number of nitrogens with zero attached hydrogens (tertiary/aromatic N) is 1. The normalized spacial score (nSPS) is 16.9. The fourth-order valence-corrected chi connectivity index (χ4v) is 2.67. The van der Waals surface area contributed by atoms with Gasteiger partial charge in [0.05, 0.1) is 6.10 Å². The lowest BCUT2D eigenvalue weighted by Crippen LogP contribution is -2.40. The first kappa shape index (κ1) is 13.6. The maximum Gasteiger partial charge on any atom is 0.254 e. The zero-order chi connectivity index (χ0) is 13.1. The van der Waals surface area contributed by atoms with Crippen LogP contribution in [0.4, 0.5) is 0 Å². The number of methoxy groups -OCH3 is 1. The lowest BCUT2D eigenvalue weighted by atomic mass is 10.0. The van der Waals surface area contributed by atoms with Crippen molar-refractivity contribution in [2.45, 2.75) is 25.9 Å². The Hall–Kier alpha value is -0.870. The van der Waals surface area contributed by atoms with Gasteiger partial charge in [-0.15, -0.1) is 0 Å². The first-order chi connectivity index (χ1) is 8.63. The molecule has 1 aromatic carbocycles. The van der Waals surface area contributed by atoms with Crippen molar-refractivity contribution in [1.82, 2.24) is 4.90 Å². The van der Waals surface area contributed by atoms with E-state index >= 15 is 0 Å². The predicted molar refractivity (Wildman–Crippen MR) is 74.8 cm³/mol. The Morgan fingerprint density at radius 1 is 1.39 bits per heavy atom. The second-order valence-electron chi connectivity index (χ2n) is 4.64. The molecule has 0 saturated carbocycles. The van der Waals surface area contributed by atoms with Gasteiger partial charge in [0, 0.05) is 30.2 Å². The molecule has 1 aliphatic rings. The molecule has 18 heavy (non-hydrogen) atoms. The summed E-state index contributed by atoms with van der Waals surface area (Å²) in [7, 11) is 1.74. The Balaban J connectivity index is 2.10. The number of carbonyl (C=O) groups is 1. The van der Waals surface area contributed by atoms with E-state index in [1.807, 2.05) is 30.0 Å². The fraction of sp³-hybridized carbons (Fsp3) is 0.500. The lowest BCUT2D eigenvalue weighted by Gasteiger charge is -2.31. The first-order valence-electron chi connectivity index (χ1n) is 6.20. The highest BCUT2D eigenvalue weighted by molar-refractivity contribution is 9.10. The molecule has 0 bridgehead atoms. The predicted octanol–water partition coefficient (Wildman–Crippen LogP) is 3.01. The van der Waals surface area contributed by atoms with E-state index in [0.717, 1.165) is 41.5 Å². The van der Waals surface area contributed by atoms with Crippen molar-refractivity contribution in [3.63, 3.8) is 0 Å². The van der Waals surface area contributed by atoms with Crippen molar-refractivity contribution in [2.24, 2.45) is 0 Å². The molecule has 0 atom stereocenters. The number of amides is 1. The monoisotopic (exact) mass is 311 g/mol. The van der Waals surface area contributed by atoms with Crippen molar-refractivity contribution in [3.8, 4) is 0 Å². The highest BCUT2D eigenvalue weighted by Gasteiger charge is 2.24. The molecular weight excluding hydrogens is 294 g/mol. The van der Waals surface area contributed by atoms with Gasteiger partial charge in [-0.2, -0.15) is 0 Å². The first-order valence-corrected chi connectivity index (χ1v) is 7.00. The molecule has 1 amide bonds. The average Bonchev–Trinajstić information content (AvgIpc) is 2.41. The van der Waals surface area contributed by atoms with Crippen LogP contribution in [0.1, 0.15) is 28.8 Å². The maximum atomic E-state index is 12.4. The van der Waals surface area contributed by atoms with Gasteiger partial charge >= 0.3 is 0 Å². The molecule has 0 aromatic heterocycles. The molecule has 0 spiro atoms. The Morgan fingerprint density at radius 3 is 2.67 bits per heavy atom. The summed E-state index contributed by atoms with van der Waals surface area (Å²) in [5, 5.41) is 0. The lowest BCUT2D eigenvalue weighted by molar-refractivity contribution is 0.0350. The average molecular weight is 312 g/mol. The molecule has 98 valence electrons. The van der Waals surface area contributed by atoms with Crippen LogP contribution >= 0.6 is 15.9 Å². The summed E-state index contributed by atoms with van der Waals surface area (Å²) in [5.74, 6) is 0.128. The number of hydrogen-bond donors (Lipinski definition) is 0. The Labute approximate surface area is 116 Å². The summed E-state index contributed by atoms with van der Waals surface area (Å²) in [6.45, 7) is 3.53. The zero-order valence-electron chi connectivity index (χ0n) is 10.8. The van der Waals surface area contributed by atoms with Gasteiger partial charge in [0.1, 0.15) is 0 Å². The minimum Gasteiger partial charge on any atom is -0.381 e. The number of ether oxygens (including phenoxy) is 1. The third kappa shape index (κ3) is 2.75. The summed E-state index contributed by atoms with van der Waals surface area (Å²) in [6.07, 6.45) is 2.16. The van der Waals surface area contributed by atoms with Crippen LogP contribution in [0, 0.1) is 6.92 Å². The molecule has 1 heterocycles. The van der Waals surface area contributed by atoms with Crippen LogP contribution in [-0.4, -0.2) is 37.1 Å². The van der Waals surface area contributed by atoms with Crippen LogP contribution in [0.25, 0.3) is 0 Å². The van der Waals surface area contributed by atoms with Crippen molar-refractivity contribution in [1.29, 1.82) is 0 Å². The summed E-state index contributed by atoms with van der Waals surface area (Å²) in [4.78, 5) is 14.4. The smallest absolute Gasteiger partial charge is 0.254 e. The summed E-state index contributed by atoms with van der Waals surface area (Å²) in [6, 6.07) is 5.76. The SMILES string of the molecule is COC1CCN(C(=O)c2cccc(Br)c2C)CC1. The van der Waals surface area contributed by atoms with Crippen LogP contribution in [0.3, 0.4) is 0 Å². The molecule has 0 N–H and O–H groups in total. The van der Waals surface area contributed by atoms with Crippen LogP contribution in [0.5, 0.6) is 0 Å². The summed E-state index contributed by atoms with van der Waals surface area (Å²) < 4.78 is 6.31. The van der Waals surface area contributed by atoms with E-state index in [2.05, 4.69) is 15.9 Å². The van der Waals surface area contributed by atoms with Gasteiger partial charge in [-0.25, -0.2) is 0 Å². The van der Waals surface area contributed by atoms with Gasteiger partial charge in [0.25, 0.3) is 5.91 Å². The largest absolute Gasteiger partial charge is 0.381 e. The van der Waals surface area contributed by atoms with Crippen LogP contribution < -0.4 is 0 Å². The molecule has 0 unspecified atom stereocenters. The Kier molecular flexibility index (Phi) is 4.40. The van der Waals surface area contributed by atoms with Crippen molar-refractivity contribution >= 4 is 21.8 Å². The molecule has 2 rings (SSSR count). The van der Waals surface area contributed by atoms with E-state index in [0.29, 0.717) is 6.10 Å². The number of hydrogen-bond acceptors (Lipinski definition) is 2. The molecule has 1 fully saturated rings. The number of piperidine rings is 1. The van der Waals surface area contributed by atoms with E-state index in [-0.39, 0.29) is 5.91 Å². The second-order valence-corrected chi connectivity index (χ2v) is 5.49. The summed E-state index contributed by atoms with van der Waals surface area (Å²) in [5.41, 5.74) is 1.80. The molecule has 1 aromatic rings. The fourth-order valence-electron chi connectivity index (χ4n) is 2.30. The highest BCUT2D eigenvalue weighted by Crippen LogP contribution is 2.22. The zero-order valence-corrected chi connectivity index (χ0v) is 12.4. The third-order valence-corrected chi connectivity index (χ3v) is 4.42. The van der Waals surface area contributed by atoms with E-state index < -0.39 is 0 Å². The number of benzene rings is 1. The van der Waals surface area contributed by atoms with E-state index in [1.54, 1.807) is 7.11 Å². The molecule has 4 heteroatoms. The maximum absolute atomic E-state index is 12.4. The van der Waals surface area contributed by atoms with Crippen molar-refractivity contribution < 1.29 is 9.53 Å². The number of halogens is 1. The van der Waals surface area contributed by atoms with Gasteiger partial charge in [-0.05, 0) is 37.5 Å².